The minimum Gasteiger partial charge on any atom is -0.389 e. The van der Waals surface area contributed by atoms with Crippen molar-refractivity contribution in [3.05, 3.63) is 40.6 Å². The lowest BCUT2D eigenvalue weighted by Gasteiger charge is -2.26. The van der Waals surface area contributed by atoms with Crippen LogP contribution in [0.1, 0.15) is 27.2 Å². The molecule has 0 amide bonds. The van der Waals surface area contributed by atoms with Crippen LogP contribution in [0.25, 0.3) is 0 Å². The summed E-state index contributed by atoms with van der Waals surface area (Å²) in [5, 5.41) is 9.97. The molecule has 2 rings (SSSR count). The molecule has 0 unspecified atom stereocenters. The number of allylic oxidation sites excluding steroid dienone is 1. The van der Waals surface area contributed by atoms with E-state index in [1.165, 1.54) is 0 Å². The Bertz CT molecular complexity index is 696. The van der Waals surface area contributed by atoms with Crippen molar-refractivity contribution >= 4 is 34.5 Å². The molecule has 4 N–H and O–H groups in total. The number of nitrogens with two attached hydrogens (primary N) is 2. The first-order valence-corrected chi connectivity index (χ1v) is 9.95. The number of para-hydroxylation sites is 1. The van der Waals surface area contributed by atoms with Gasteiger partial charge in [-0.05, 0) is 37.9 Å². The summed E-state index contributed by atoms with van der Waals surface area (Å²) in [6.07, 6.45) is 0.985. The number of anilines is 1. The van der Waals surface area contributed by atoms with Crippen molar-refractivity contribution in [3.63, 3.8) is 0 Å². The zero-order chi connectivity index (χ0) is 20.4. The first-order valence-electron chi connectivity index (χ1n) is 9.17. The Morgan fingerprint density at radius 3 is 2.41 bits per heavy atom. The summed E-state index contributed by atoms with van der Waals surface area (Å²) in [5.74, 6) is 0.662. The van der Waals surface area contributed by atoms with Crippen LogP contribution in [0.15, 0.2) is 35.5 Å². The third-order valence-corrected chi connectivity index (χ3v) is 4.88. The summed E-state index contributed by atoms with van der Waals surface area (Å²) < 4.78 is 0. The maximum absolute atomic E-state index is 9.20. The minimum absolute atomic E-state index is 0.159. The summed E-state index contributed by atoms with van der Waals surface area (Å²) in [5.41, 5.74) is 13.1. The number of thiocarbonyl (C=S) groups is 1. The van der Waals surface area contributed by atoms with E-state index >= 15 is 0 Å². The number of nitrogens with zero attached hydrogens (tertiary/aromatic N) is 3. The highest BCUT2D eigenvalue weighted by molar-refractivity contribution is 7.80. The number of nitriles is 1. The Kier molecular flexibility index (Phi) is 10.2. The fraction of sp³-hybridized carbons (Fsp3) is 0.500. The average Bonchev–Trinajstić information content (AvgIpc) is 2.89. The molecule has 1 saturated heterocycles. The number of halogens is 1. The van der Waals surface area contributed by atoms with E-state index in [-0.39, 0.29) is 4.99 Å². The molecular weight excluding hydrogens is 378 g/mol. The van der Waals surface area contributed by atoms with Crippen LogP contribution in [-0.4, -0.2) is 42.6 Å². The van der Waals surface area contributed by atoms with Crippen LogP contribution in [0.3, 0.4) is 0 Å². The lowest BCUT2D eigenvalue weighted by molar-refractivity contribution is 0.369. The SMILES string of the molecule is C/C(=C(\C#N)C(N)=S)N1CCCN(c2ccccc2Cl)CC1.CC(C)CN. The monoisotopic (exact) mass is 407 g/mol. The van der Waals surface area contributed by atoms with Gasteiger partial charge in [-0.2, -0.15) is 5.26 Å². The van der Waals surface area contributed by atoms with E-state index in [4.69, 9.17) is 35.3 Å². The van der Waals surface area contributed by atoms with E-state index in [2.05, 4.69) is 29.7 Å². The van der Waals surface area contributed by atoms with Crippen molar-refractivity contribution in [1.82, 2.24) is 4.90 Å². The molecule has 0 radical (unpaired) electrons. The molecule has 0 bridgehead atoms. The van der Waals surface area contributed by atoms with Crippen molar-refractivity contribution in [2.24, 2.45) is 17.4 Å². The van der Waals surface area contributed by atoms with Gasteiger partial charge < -0.3 is 21.3 Å². The van der Waals surface area contributed by atoms with Crippen LogP contribution >= 0.6 is 23.8 Å². The molecule has 5 nitrogen and oxygen atoms in total. The van der Waals surface area contributed by atoms with Crippen LogP contribution in [0.4, 0.5) is 5.69 Å². The van der Waals surface area contributed by atoms with Crippen molar-refractivity contribution in [2.75, 3.05) is 37.6 Å². The highest BCUT2D eigenvalue weighted by Gasteiger charge is 2.19. The van der Waals surface area contributed by atoms with E-state index in [1.54, 1.807) is 0 Å². The third-order valence-electron chi connectivity index (χ3n) is 4.35. The van der Waals surface area contributed by atoms with Gasteiger partial charge in [-0.25, -0.2) is 0 Å². The van der Waals surface area contributed by atoms with Crippen molar-refractivity contribution in [3.8, 4) is 6.07 Å². The summed E-state index contributed by atoms with van der Waals surface area (Å²) >= 11 is 11.2. The predicted molar refractivity (Wildman–Crippen MR) is 119 cm³/mol. The zero-order valence-corrected chi connectivity index (χ0v) is 18.0. The maximum Gasteiger partial charge on any atom is 0.116 e. The van der Waals surface area contributed by atoms with Crippen LogP contribution in [0.5, 0.6) is 0 Å². The van der Waals surface area contributed by atoms with Crippen LogP contribution in [0.2, 0.25) is 5.02 Å². The zero-order valence-electron chi connectivity index (χ0n) is 16.4. The van der Waals surface area contributed by atoms with Gasteiger partial charge in [0.2, 0.25) is 0 Å². The first-order chi connectivity index (χ1) is 12.8. The average molecular weight is 408 g/mol. The van der Waals surface area contributed by atoms with E-state index in [0.717, 1.165) is 55.6 Å². The Labute approximate surface area is 173 Å². The molecule has 1 aromatic carbocycles. The highest BCUT2D eigenvalue weighted by atomic mass is 35.5. The second-order valence-electron chi connectivity index (χ2n) is 6.85. The van der Waals surface area contributed by atoms with Crippen molar-refractivity contribution < 1.29 is 0 Å². The van der Waals surface area contributed by atoms with Crippen molar-refractivity contribution in [1.29, 1.82) is 5.26 Å². The van der Waals surface area contributed by atoms with E-state index in [9.17, 15) is 5.26 Å². The van der Waals surface area contributed by atoms with E-state index < -0.39 is 0 Å². The van der Waals surface area contributed by atoms with Gasteiger partial charge in [0.1, 0.15) is 16.6 Å². The summed E-state index contributed by atoms with van der Waals surface area (Å²) in [4.78, 5) is 4.61. The van der Waals surface area contributed by atoms with Crippen LogP contribution < -0.4 is 16.4 Å². The van der Waals surface area contributed by atoms with Crippen molar-refractivity contribution in [2.45, 2.75) is 27.2 Å². The molecule has 148 valence electrons. The fourth-order valence-electron chi connectivity index (χ4n) is 2.67. The smallest absolute Gasteiger partial charge is 0.116 e. The molecule has 1 aliphatic rings. The molecule has 1 fully saturated rings. The second kappa shape index (κ2) is 11.8. The first kappa shape index (κ1) is 23.2. The lowest BCUT2D eigenvalue weighted by Crippen LogP contribution is -2.31. The van der Waals surface area contributed by atoms with E-state index in [0.29, 0.717) is 11.5 Å². The Hall–Kier alpha value is -1.81. The molecule has 1 heterocycles. The van der Waals surface area contributed by atoms with Gasteiger partial charge in [0, 0.05) is 31.9 Å². The highest BCUT2D eigenvalue weighted by Crippen LogP contribution is 2.26. The minimum atomic E-state index is 0.159. The fourth-order valence-corrected chi connectivity index (χ4v) is 3.12. The summed E-state index contributed by atoms with van der Waals surface area (Å²) in [6.45, 7) is 10.4. The molecule has 0 aliphatic carbocycles. The molecule has 1 aliphatic heterocycles. The Balaban J connectivity index is 0.000000646. The van der Waals surface area contributed by atoms with E-state index in [1.807, 2.05) is 31.2 Å². The molecule has 7 heteroatoms. The molecule has 0 aromatic heterocycles. The lowest BCUT2D eigenvalue weighted by atomic mass is 10.2. The second-order valence-corrected chi connectivity index (χ2v) is 7.69. The molecule has 0 saturated carbocycles. The largest absolute Gasteiger partial charge is 0.389 e. The molecule has 27 heavy (non-hydrogen) atoms. The Morgan fingerprint density at radius 2 is 1.89 bits per heavy atom. The normalized spacial score (nSPS) is 15.3. The van der Waals surface area contributed by atoms with Gasteiger partial charge in [0.05, 0.1) is 10.7 Å². The number of hydrogen-bond acceptors (Lipinski definition) is 5. The number of hydrogen-bond donors (Lipinski definition) is 2. The number of benzene rings is 1. The Morgan fingerprint density at radius 1 is 1.26 bits per heavy atom. The van der Waals surface area contributed by atoms with Gasteiger partial charge in [-0.3, -0.25) is 0 Å². The standard InChI is InChI=1S/C16H19ClN4S.C4H11N/c1-12(13(11-18)16(19)22)20-7-4-8-21(10-9-20)15-6-3-2-5-14(15)17;1-4(2)3-5/h2-3,5-6H,4,7-10H2,1H3,(H2,19,22);4H,3,5H2,1-2H3/b13-12-;. The molecule has 0 atom stereocenters. The van der Waals surface area contributed by atoms with Gasteiger partial charge >= 0.3 is 0 Å². The molecule has 1 aromatic rings. The van der Waals surface area contributed by atoms with Gasteiger partial charge in [0.15, 0.2) is 0 Å². The maximum atomic E-state index is 9.20. The van der Waals surface area contributed by atoms with Crippen LogP contribution in [-0.2, 0) is 0 Å². The van der Waals surface area contributed by atoms with Gasteiger partial charge in [-0.15, -0.1) is 0 Å². The topological polar surface area (TPSA) is 82.3 Å². The molecular formula is C20H30ClN5S. The number of rotatable bonds is 4. The third kappa shape index (κ3) is 7.37. The van der Waals surface area contributed by atoms with Crippen LogP contribution in [0, 0.1) is 17.2 Å². The summed E-state index contributed by atoms with van der Waals surface area (Å²) in [7, 11) is 0. The van der Waals surface area contributed by atoms with Gasteiger partial charge in [-0.1, -0.05) is 49.8 Å². The van der Waals surface area contributed by atoms with Gasteiger partial charge in [0.25, 0.3) is 0 Å². The molecule has 0 spiro atoms. The predicted octanol–water partition coefficient (Wildman–Crippen LogP) is 3.54. The quantitative estimate of drug-likeness (QED) is 0.451. The summed E-state index contributed by atoms with van der Waals surface area (Å²) in [6, 6.07) is 9.98.